The first-order chi connectivity index (χ1) is 5.81. The van der Waals surface area contributed by atoms with Crippen molar-refractivity contribution in [1.82, 2.24) is 5.32 Å². The van der Waals surface area contributed by atoms with Gasteiger partial charge in [-0.2, -0.15) is 0 Å². The molecule has 0 saturated heterocycles. The quantitative estimate of drug-likeness (QED) is 0.559. The van der Waals surface area contributed by atoms with E-state index in [4.69, 9.17) is 9.47 Å². The van der Waals surface area contributed by atoms with E-state index < -0.39 is 0 Å². The third-order valence-electron chi connectivity index (χ3n) is 1.68. The van der Waals surface area contributed by atoms with Crippen molar-refractivity contribution in [3.63, 3.8) is 0 Å². The molecule has 0 unspecified atom stereocenters. The molecule has 0 aliphatic rings. The third-order valence-corrected chi connectivity index (χ3v) is 1.68. The summed E-state index contributed by atoms with van der Waals surface area (Å²) in [6, 6.07) is 0.456. The average molecular weight is 175 g/mol. The van der Waals surface area contributed by atoms with Gasteiger partial charge in [0.25, 0.3) is 0 Å². The van der Waals surface area contributed by atoms with E-state index in [1.807, 2.05) is 0 Å². The van der Waals surface area contributed by atoms with Gasteiger partial charge in [0.05, 0.1) is 6.61 Å². The number of rotatable bonds is 8. The van der Waals surface area contributed by atoms with Crippen molar-refractivity contribution in [3.8, 4) is 0 Å². The zero-order chi connectivity index (χ0) is 9.23. The summed E-state index contributed by atoms with van der Waals surface area (Å²) in [7, 11) is 3.46. The van der Waals surface area contributed by atoms with Crippen molar-refractivity contribution in [3.05, 3.63) is 0 Å². The van der Waals surface area contributed by atoms with E-state index in [1.165, 1.54) is 6.42 Å². The summed E-state index contributed by atoms with van der Waals surface area (Å²) >= 11 is 0. The SMILES string of the molecule is COCCCCN[C@@H](C)COC. The first-order valence-electron chi connectivity index (χ1n) is 4.52. The smallest absolute Gasteiger partial charge is 0.0613 e. The Bertz CT molecular complexity index is 88.6. The molecular weight excluding hydrogens is 154 g/mol. The molecule has 0 aromatic heterocycles. The summed E-state index contributed by atoms with van der Waals surface area (Å²) in [5.74, 6) is 0. The van der Waals surface area contributed by atoms with Crippen LogP contribution in [-0.4, -0.2) is 40.0 Å². The molecule has 3 nitrogen and oxygen atoms in total. The van der Waals surface area contributed by atoms with Gasteiger partial charge in [-0.15, -0.1) is 0 Å². The molecule has 0 aromatic rings. The molecule has 12 heavy (non-hydrogen) atoms. The highest BCUT2D eigenvalue weighted by Crippen LogP contribution is 1.89. The van der Waals surface area contributed by atoms with Gasteiger partial charge in [0.1, 0.15) is 0 Å². The van der Waals surface area contributed by atoms with Crippen molar-refractivity contribution >= 4 is 0 Å². The van der Waals surface area contributed by atoms with Crippen LogP contribution in [0.3, 0.4) is 0 Å². The van der Waals surface area contributed by atoms with Gasteiger partial charge in [0, 0.05) is 26.9 Å². The van der Waals surface area contributed by atoms with Crippen LogP contribution in [0.1, 0.15) is 19.8 Å². The molecule has 0 aliphatic carbocycles. The van der Waals surface area contributed by atoms with Crippen molar-refractivity contribution < 1.29 is 9.47 Å². The summed E-state index contributed by atoms with van der Waals surface area (Å²) in [4.78, 5) is 0. The lowest BCUT2D eigenvalue weighted by molar-refractivity contribution is 0.169. The van der Waals surface area contributed by atoms with E-state index in [0.717, 1.165) is 26.2 Å². The summed E-state index contributed by atoms with van der Waals surface area (Å²) in [6.45, 7) is 4.82. The Hall–Kier alpha value is -0.120. The van der Waals surface area contributed by atoms with Gasteiger partial charge < -0.3 is 14.8 Å². The van der Waals surface area contributed by atoms with Gasteiger partial charge in [0.2, 0.25) is 0 Å². The van der Waals surface area contributed by atoms with Crippen LogP contribution >= 0.6 is 0 Å². The zero-order valence-corrected chi connectivity index (χ0v) is 8.43. The molecule has 0 heterocycles. The van der Waals surface area contributed by atoms with Gasteiger partial charge in [0.15, 0.2) is 0 Å². The Balaban J connectivity index is 2.97. The second-order valence-corrected chi connectivity index (χ2v) is 3.01. The van der Waals surface area contributed by atoms with E-state index >= 15 is 0 Å². The molecule has 74 valence electrons. The molecule has 0 saturated carbocycles. The third kappa shape index (κ3) is 7.98. The largest absolute Gasteiger partial charge is 0.385 e. The summed E-state index contributed by atoms with van der Waals surface area (Å²) in [6.07, 6.45) is 2.30. The Kier molecular flexibility index (Phi) is 8.88. The maximum Gasteiger partial charge on any atom is 0.0613 e. The van der Waals surface area contributed by atoms with Crippen molar-refractivity contribution in [2.24, 2.45) is 0 Å². The highest BCUT2D eigenvalue weighted by molar-refractivity contribution is 4.58. The van der Waals surface area contributed by atoms with Gasteiger partial charge in [-0.05, 0) is 26.3 Å². The lowest BCUT2D eigenvalue weighted by Gasteiger charge is -2.11. The number of methoxy groups -OCH3 is 2. The Morgan fingerprint density at radius 2 is 1.92 bits per heavy atom. The molecule has 0 aliphatic heterocycles. The van der Waals surface area contributed by atoms with Crippen LogP contribution in [0.2, 0.25) is 0 Å². The molecule has 0 radical (unpaired) electrons. The van der Waals surface area contributed by atoms with E-state index in [1.54, 1.807) is 14.2 Å². The van der Waals surface area contributed by atoms with E-state index in [2.05, 4.69) is 12.2 Å². The fraction of sp³-hybridized carbons (Fsp3) is 1.00. The molecule has 1 atom stereocenters. The van der Waals surface area contributed by atoms with Gasteiger partial charge in [-0.25, -0.2) is 0 Å². The first kappa shape index (κ1) is 11.9. The van der Waals surface area contributed by atoms with Crippen molar-refractivity contribution in [2.45, 2.75) is 25.8 Å². The molecular formula is C9H21NO2. The first-order valence-corrected chi connectivity index (χ1v) is 4.52. The highest BCUT2D eigenvalue weighted by atomic mass is 16.5. The summed E-state index contributed by atoms with van der Waals surface area (Å²) < 4.78 is 9.94. The number of unbranched alkanes of at least 4 members (excludes halogenated alkanes) is 1. The van der Waals surface area contributed by atoms with Crippen LogP contribution in [0, 0.1) is 0 Å². The minimum absolute atomic E-state index is 0.456. The Morgan fingerprint density at radius 1 is 1.17 bits per heavy atom. The standard InChI is InChI=1S/C9H21NO2/c1-9(8-12-3)10-6-4-5-7-11-2/h9-10H,4-8H2,1-3H3/t9-/m0/s1. The normalized spacial score (nSPS) is 13.2. The zero-order valence-electron chi connectivity index (χ0n) is 8.43. The van der Waals surface area contributed by atoms with Gasteiger partial charge >= 0.3 is 0 Å². The van der Waals surface area contributed by atoms with E-state index in [0.29, 0.717) is 6.04 Å². The van der Waals surface area contributed by atoms with Crippen molar-refractivity contribution in [1.29, 1.82) is 0 Å². The number of ether oxygens (including phenoxy) is 2. The summed E-state index contributed by atoms with van der Waals surface area (Å²) in [5, 5.41) is 3.36. The number of nitrogens with one attached hydrogen (secondary N) is 1. The Labute approximate surface area is 75.4 Å². The topological polar surface area (TPSA) is 30.5 Å². The molecule has 0 aromatic carbocycles. The van der Waals surface area contributed by atoms with Crippen LogP contribution in [-0.2, 0) is 9.47 Å². The van der Waals surface area contributed by atoms with Gasteiger partial charge in [-0.3, -0.25) is 0 Å². The van der Waals surface area contributed by atoms with Crippen LogP contribution in [0.4, 0.5) is 0 Å². The van der Waals surface area contributed by atoms with E-state index in [-0.39, 0.29) is 0 Å². The van der Waals surface area contributed by atoms with Crippen LogP contribution in [0.25, 0.3) is 0 Å². The van der Waals surface area contributed by atoms with Crippen molar-refractivity contribution in [2.75, 3.05) is 34.0 Å². The molecule has 0 spiro atoms. The Morgan fingerprint density at radius 3 is 2.50 bits per heavy atom. The van der Waals surface area contributed by atoms with Crippen LogP contribution in [0.15, 0.2) is 0 Å². The lowest BCUT2D eigenvalue weighted by atomic mass is 10.3. The predicted octanol–water partition coefficient (Wildman–Crippen LogP) is 1.04. The van der Waals surface area contributed by atoms with E-state index in [9.17, 15) is 0 Å². The minimum Gasteiger partial charge on any atom is -0.385 e. The average Bonchev–Trinajstić information content (AvgIpc) is 2.05. The maximum absolute atomic E-state index is 4.99. The minimum atomic E-state index is 0.456. The molecule has 0 rings (SSSR count). The molecule has 0 fully saturated rings. The lowest BCUT2D eigenvalue weighted by Crippen LogP contribution is -2.30. The fourth-order valence-electron chi connectivity index (χ4n) is 1.03. The number of hydrogen-bond acceptors (Lipinski definition) is 3. The second-order valence-electron chi connectivity index (χ2n) is 3.01. The number of hydrogen-bond donors (Lipinski definition) is 1. The monoisotopic (exact) mass is 175 g/mol. The predicted molar refractivity (Wildman–Crippen MR) is 50.5 cm³/mol. The molecule has 3 heteroatoms. The fourth-order valence-corrected chi connectivity index (χ4v) is 1.03. The van der Waals surface area contributed by atoms with Crippen LogP contribution < -0.4 is 5.32 Å². The maximum atomic E-state index is 4.99. The second kappa shape index (κ2) is 8.97. The van der Waals surface area contributed by atoms with Crippen LogP contribution in [0.5, 0.6) is 0 Å². The van der Waals surface area contributed by atoms with Gasteiger partial charge in [-0.1, -0.05) is 0 Å². The highest BCUT2D eigenvalue weighted by Gasteiger charge is 1.97. The molecule has 1 N–H and O–H groups in total. The summed E-state index contributed by atoms with van der Waals surface area (Å²) in [5.41, 5.74) is 0. The molecule has 0 amide bonds. The molecule has 0 bridgehead atoms.